The number of Topliss-reactive ketones (excluding diaryl/α,β-unsaturated/α-hetero) is 1. The topological polar surface area (TPSA) is 92.6 Å². The molecule has 0 aliphatic carbocycles. The molecule has 3 heterocycles. The lowest BCUT2D eigenvalue weighted by Crippen LogP contribution is -2.31. The van der Waals surface area contributed by atoms with Gasteiger partial charge in [0.2, 0.25) is 5.78 Å². The number of hydrogen-bond donors (Lipinski definition) is 1. The maximum absolute atomic E-state index is 13.9. The van der Waals surface area contributed by atoms with Crippen molar-refractivity contribution in [3.8, 4) is 5.75 Å². The number of thiazole rings is 2. The molecular formula is C30H22ClN3O4S2. The minimum absolute atomic E-state index is 0.00741. The van der Waals surface area contributed by atoms with Crippen molar-refractivity contribution in [1.82, 2.24) is 9.97 Å². The summed E-state index contributed by atoms with van der Waals surface area (Å²) >= 11 is 8.68. The molecule has 0 fully saturated rings. The minimum Gasteiger partial charge on any atom is -0.503 e. The van der Waals surface area contributed by atoms with Crippen molar-refractivity contribution in [1.29, 1.82) is 0 Å². The number of nitrogens with zero attached hydrogens (tertiary/aromatic N) is 3. The first-order valence-electron chi connectivity index (χ1n) is 12.4. The smallest absolute Gasteiger partial charge is 0.296 e. The fraction of sp³-hybridized carbons (Fsp3) is 0.133. The molecule has 1 aliphatic rings. The van der Waals surface area contributed by atoms with Gasteiger partial charge in [-0.1, -0.05) is 65.4 Å². The molecule has 1 amide bonds. The molecule has 40 heavy (non-hydrogen) atoms. The van der Waals surface area contributed by atoms with Crippen molar-refractivity contribution >= 4 is 61.3 Å². The molecule has 6 rings (SSSR count). The molecule has 200 valence electrons. The second-order valence-corrected chi connectivity index (χ2v) is 11.9. The number of aryl methyl sites for hydroxylation is 2. The average molecular weight is 588 g/mol. The first-order valence-corrected chi connectivity index (χ1v) is 14.4. The average Bonchev–Trinajstić information content (AvgIpc) is 3.60. The third kappa shape index (κ3) is 4.77. The number of aromatic nitrogens is 2. The number of aliphatic hydroxyl groups is 1. The van der Waals surface area contributed by atoms with Gasteiger partial charge in [-0.05, 0) is 55.3 Å². The highest BCUT2D eigenvalue weighted by Gasteiger charge is 2.46. The summed E-state index contributed by atoms with van der Waals surface area (Å²) in [6.07, 6.45) is 0. The predicted octanol–water partition coefficient (Wildman–Crippen LogP) is 7.38. The zero-order valence-corrected chi connectivity index (χ0v) is 23.8. The number of rotatable bonds is 7. The normalized spacial score (nSPS) is 15.3. The van der Waals surface area contributed by atoms with Gasteiger partial charge < -0.3 is 9.84 Å². The van der Waals surface area contributed by atoms with Crippen molar-refractivity contribution in [2.75, 3.05) is 4.90 Å². The van der Waals surface area contributed by atoms with E-state index in [-0.39, 0.29) is 5.57 Å². The van der Waals surface area contributed by atoms with E-state index in [2.05, 4.69) is 9.97 Å². The van der Waals surface area contributed by atoms with Crippen LogP contribution in [0.1, 0.15) is 37.5 Å². The van der Waals surface area contributed by atoms with Gasteiger partial charge in [-0.15, -0.1) is 11.3 Å². The zero-order chi connectivity index (χ0) is 28.0. The molecule has 7 nitrogen and oxygen atoms in total. The maximum atomic E-state index is 13.9. The third-order valence-corrected chi connectivity index (χ3v) is 8.88. The van der Waals surface area contributed by atoms with Crippen molar-refractivity contribution in [3.63, 3.8) is 0 Å². The van der Waals surface area contributed by atoms with Crippen LogP contribution < -0.4 is 9.64 Å². The van der Waals surface area contributed by atoms with Gasteiger partial charge in [-0.2, -0.15) is 0 Å². The first kappa shape index (κ1) is 26.2. The summed E-state index contributed by atoms with van der Waals surface area (Å²) in [6, 6.07) is 21.4. The van der Waals surface area contributed by atoms with Crippen LogP contribution in [0.2, 0.25) is 5.02 Å². The number of ketones is 1. The molecule has 5 aromatic rings. The summed E-state index contributed by atoms with van der Waals surface area (Å²) in [5.74, 6) is -1.09. The summed E-state index contributed by atoms with van der Waals surface area (Å²) in [4.78, 5) is 38.2. The van der Waals surface area contributed by atoms with E-state index in [0.29, 0.717) is 44.2 Å². The Hall–Kier alpha value is -4.05. The van der Waals surface area contributed by atoms with E-state index in [4.69, 9.17) is 16.3 Å². The lowest BCUT2D eigenvalue weighted by atomic mass is 9.95. The molecule has 3 aromatic carbocycles. The van der Waals surface area contributed by atoms with Crippen LogP contribution in [0.5, 0.6) is 5.75 Å². The Kier molecular flexibility index (Phi) is 6.87. The van der Waals surface area contributed by atoms with Crippen molar-refractivity contribution in [2.45, 2.75) is 26.5 Å². The van der Waals surface area contributed by atoms with Crippen LogP contribution in [0.25, 0.3) is 10.2 Å². The van der Waals surface area contributed by atoms with Gasteiger partial charge in [0.25, 0.3) is 5.91 Å². The second kappa shape index (κ2) is 10.5. The van der Waals surface area contributed by atoms with Crippen molar-refractivity contribution in [3.05, 3.63) is 116 Å². The molecular weight excluding hydrogens is 566 g/mol. The highest BCUT2D eigenvalue weighted by atomic mass is 35.5. The summed E-state index contributed by atoms with van der Waals surface area (Å²) in [7, 11) is 0. The van der Waals surface area contributed by atoms with Gasteiger partial charge in [-0.3, -0.25) is 14.5 Å². The number of halogens is 1. The van der Waals surface area contributed by atoms with E-state index in [1.165, 1.54) is 27.6 Å². The molecule has 1 atom stereocenters. The first-order chi connectivity index (χ1) is 19.3. The predicted molar refractivity (Wildman–Crippen MR) is 158 cm³/mol. The number of amides is 1. The molecule has 0 saturated heterocycles. The van der Waals surface area contributed by atoms with E-state index in [1.54, 1.807) is 49.4 Å². The molecule has 0 bridgehead atoms. The third-order valence-electron chi connectivity index (χ3n) is 6.55. The summed E-state index contributed by atoms with van der Waals surface area (Å²) in [5.41, 5.74) is 2.87. The summed E-state index contributed by atoms with van der Waals surface area (Å²) in [6.45, 7) is 3.96. The Balaban J connectivity index is 1.41. The molecule has 10 heteroatoms. The van der Waals surface area contributed by atoms with Crippen LogP contribution in [0.3, 0.4) is 0 Å². The van der Waals surface area contributed by atoms with Gasteiger partial charge in [0.15, 0.2) is 10.9 Å². The molecule has 2 aromatic heterocycles. The van der Waals surface area contributed by atoms with E-state index >= 15 is 0 Å². The number of benzene rings is 3. The van der Waals surface area contributed by atoms with Gasteiger partial charge >= 0.3 is 0 Å². The highest BCUT2D eigenvalue weighted by molar-refractivity contribution is 7.22. The maximum Gasteiger partial charge on any atom is 0.296 e. The Bertz CT molecular complexity index is 1800. The number of fused-ring (bicyclic) bond motifs is 1. The van der Waals surface area contributed by atoms with Gasteiger partial charge in [0, 0.05) is 5.02 Å². The lowest BCUT2D eigenvalue weighted by Gasteiger charge is -2.24. The zero-order valence-electron chi connectivity index (χ0n) is 21.4. The summed E-state index contributed by atoms with van der Waals surface area (Å²) in [5, 5.41) is 12.7. The number of hydrogen-bond acceptors (Lipinski definition) is 8. The minimum atomic E-state index is -0.902. The Morgan fingerprint density at radius 3 is 2.48 bits per heavy atom. The SMILES string of the molecule is Cc1nc(C)c(C(=O)C2=C(O)C(=O)N(c3nc4ccc(Cl)cc4s3)C2c2ccc(OCc3ccccc3)cc2)s1. The molecule has 0 spiro atoms. The fourth-order valence-electron chi connectivity index (χ4n) is 4.69. The van der Waals surface area contributed by atoms with Crippen LogP contribution in [0.15, 0.2) is 84.1 Å². The fourth-order valence-corrected chi connectivity index (χ4v) is 6.83. The number of anilines is 1. The van der Waals surface area contributed by atoms with E-state index in [0.717, 1.165) is 15.3 Å². The number of ether oxygens (including phenoxy) is 1. The van der Waals surface area contributed by atoms with E-state index in [9.17, 15) is 14.7 Å². The second-order valence-electron chi connectivity index (χ2n) is 9.27. The molecule has 0 saturated carbocycles. The largest absolute Gasteiger partial charge is 0.503 e. The number of carbonyl (C=O) groups excluding carboxylic acids is 2. The number of aliphatic hydroxyl groups excluding tert-OH is 1. The molecule has 1 N–H and O–H groups in total. The van der Waals surface area contributed by atoms with Crippen LogP contribution in [-0.2, 0) is 11.4 Å². The van der Waals surface area contributed by atoms with Gasteiger partial charge in [-0.25, -0.2) is 9.97 Å². The Morgan fingerprint density at radius 2 is 1.77 bits per heavy atom. The van der Waals surface area contributed by atoms with Crippen molar-refractivity contribution in [2.24, 2.45) is 0 Å². The van der Waals surface area contributed by atoms with E-state index < -0.39 is 23.5 Å². The number of carbonyl (C=O) groups is 2. The Labute approximate surface area is 243 Å². The molecule has 1 aliphatic heterocycles. The summed E-state index contributed by atoms with van der Waals surface area (Å²) < 4.78 is 6.72. The van der Waals surface area contributed by atoms with E-state index in [1.807, 2.05) is 37.3 Å². The highest BCUT2D eigenvalue weighted by Crippen LogP contribution is 2.45. The standard InChI is InChI=1S/C30H22ClN3O4S2/c1-16-28(39-17(2)32-16)26(35)24-25(19-8-11-21(12-9-19)38-15-18-6-4-3-5-7-18)34(29(37)27(24)36)30-33-22-13-10-20(31)14-23(22)40-30/h3-14,25,36H,15H2,1-2H3. The molecule has 1 unspecified atom stereocenters. The van der Waals surface area contributed by atoms with Crippen LogP contribution in [-0.4, -0.2) is 26.8 Å². The van der Waals surface area contributed by atoms with Crippen molar-refractivity contribution < 1.29 is 19.4 Å². The van der Waals surface area contributed by atoms with Gasteiger partial charge in [0.1, 0.15) is 12.4 Å². The molecule has 0 radical (unpaired) electrons. The van der Waals surface area contributed by atoms with Crippen LogP contribution >= 0.6 is 34.3 Å². The quantitative estimate of drug-likeness (QED) is 0.200. The Morgan fingerprint density at radius 1 is 1.02 bits per heavy atom. The monoisotopic (exact) mass is 587 g/mol. The lowest BCUT2D eigenvalue weighted by molar-refractivity contribution is -0.117. The van der Waals surface area contributed by atoms with Crippen LogP contribution in [0, 0.1) is 13.8 Å². The van der Waals surface area contributed by atoms with Gasteiger partial charge in [0.05, 0.1) is 37.4 Å². The van der Waals surface area contributed by atoms with Crippen LogP contribution in [0.4, 0.5) is 5.13 Å².